The molecule has 1 amide bonds. The minimum Gasteiger partial charge on any atom is -0.345 e. The number of likely N-dealkylation sites (N-methyl/N-ethyl adjacent to an activating group) is 1. The lowest BCUT2D eigenvalue weighted by Crippen LogP contribution is -2.30. The van der Waals surface area contributed by atoms with Crippen molar-refractivity contribution < 1.29 is 4.79 Å². The van der Waals surface area contributed by atoms with Gasteiger partial charge in [0.05, 0.1) is 17.1 Å². The molecule has 0 unspecified atom stereocenters. The summed E-state index contributed by atoms with van der Waals surface area (Å²) in [5.41, 5.74) is 1.86. The minimum absolute atomic E-state index is 0.0984. The van der Waals surface area contributed by atoms with Crippen LogP contribution >= 0.6 is 11.3 Å². The first-order valence-electron chi connectivity index (χ1n) is 6.20. The smallest absolute Gasteiger partial charge is 0.228 e. The van der Waals surface area contributed by atoms with Gasteiger partial charge in [0.2, 0.25) is 5.91 Å². The molecule has 0 fully saturated rings. The van der Waals surface area contributed by atoms with E-state index >= 15 is 0 Å². The van der Waals surface area contributed by atoms with Gasteiger partial charge in [0.25, 0.3) is 0 Å². The van der Waals surface area contributed by atoms with Crippen LogP contribution in [0.2, 0.25) is 0 Å². The minimum atomic E-state index is 0.0984. The summed E-state index contributed by atoms with van der Waals surface area (Å²) < 4.78 is 0. The largest absolute Gasteiger partial charge is 0.345 e. The van der Waals surface area contributed by atoms with Crippen molar-refractivity contribution in [2.75, 3.05) is 13.6 Å². The predicted molar refractivity (Wildman–Crippen MR) is 76.1 cm³/mol. The Bertz CT molecular complexity index is 539. The molecule has 19 heavy (non-hydrogen) atoms. The Hall–Kier alpha value is -1.75. The molecule has 0 aliphatic rings. The number of aryl methyl sites for hydroxylation is 1. The Labute approximate surface area is 117 Å². The highest BCUT2D eigenvalue weighted by Gasteiger charge is 2.11. The van der Waals surface area contributed by atoms with Crippen molar-refractivity contribution in [2.24, 2.45) is 0 Å². The van der Waals surface area contributed by atoms with Crippen LogP contribution in [0.25, 0.3) is 0 Å². The van der Waals surface area contributed by atoms with E-state index in [9.17, 15) is 4.79 Å². The molecule has 2 aromatic rings. The van der Waals surface area contributed by atoms with Gasteiger partial charge in [-0.2, -0.15) is 0 Å². The molecule has 0 saturated heterocycles. The summed E-state index contributed by atoms with van der Waals surface area (Å²) in [4.78, 5) is 22.3. The molecule has 0 saturated carbocycles. The highest BCUT2D eigenvalue weighted by atomic mass is 32.1. The number of hydrogen-bond donors (Lipinski definition) is 0. The number of thiazole rings is 1. The third-order valence-electron chi connectivity index (χ3n) is 2.85. The maximum absolute atomic E-state index is 12.0. The van der Waals surface area contributed by atoms with E-state index in [4.69, 9.17) is 0 Å². The van der Waals surface area contributed by atoms with Crippen LogP contribution in [-0.4, -0.2) is 34.4 Å². The molecule has 0 aliphatic heterocycles. The summed E-state index contributed by atoms with van der Waals surface area (Å²) >= 11 is 1.58. The lowest BCUT2D eigenvalue weighted by molar-refractivity contribution is -0.129. The van der Waals surface area contributed by atoms with Crippen LogP contribution in [0.5, 0.6) is 0 Å². The molecule has 0 aliphatic carbocycles. The van der Waals surface area contributed by atoms with E-state index in [1.807, 2.05) is 37.6 Å². The third kappa shape index (κ3) is 4.13. The van der Waals surface area contributed by atoms with Gasteiger partial charge in [-0.3, -0.25) is 9.78 Å². The Kier molecular flexibility index (Phi) is 4.63. The summed E-state index contributed by atoms with van der Waals surface area (Å²) in [6.07, 6.45) is 2.93. The Morgan fingerprint density at radius 1 is 1.37 bits per heavy atom. The van der Waals surface area contributed by atoms with Gasteiger partial charge in [-0.1, -0.05) is 6.07 Å². The highest BCUT2D eigenvalue weighted by molar-refractivity contribution is 7.09. The number of aromatic nitrogens is 2. The quantitative estimate of drug-likeness (QED) is 0.839. The molecule has 2 heterocycles. The van der Waals surface area contributed by atoms with Crippen molar-refractivity contribution in [3.05, 3.63) is 46.2 Å². The summed E-state index contributed by atoms with van der Waals surface area (Å²) in [6, 6.07) is 5.83. The SMILES string of the molecule is Cc1nc(CC(=O)N(C)CCc2ccccn2)cs1. The first-order valence-corrected chi connectivity index (χ1v) is 7.08. The Morgan fingerprint density at radius 3 is 2.84 bits per heavy atom. The topological polar surface area (TPSA) is 46.1 Å². The van der Waals surface area contributed by atoms with Crippen LogP contribution in [0.3, 0.4) is 0 Å². The molecule has 5 heteroatoms. The van der Waals surface area contributed by atoms with E-state index in [0.717, 1.165) is 22.8 Å². The molecule has 0 aromatic carbocycles. The zero-order valence-electron chi connectivity index (χ0n) is 11.2. The summed E-state index contributed by atoms with van der Waals surface area (Å²) in [5, 5.41) is 2.94. The van der Waals surface area contributed by atoms with Crippen molar-refractivity contribution >= 4 is 17.2 Å². The molecule has 0 atom stereocenters. The van der Waals surface area contributed by atoms with Crippen LogP contribution in [0.1, 0.15) is 16.4 Å². The predicted octanol–water partition coefficient (Wildman–Crippen LogP) is 2.09. The molecule has 4 nitrogen and oxygen atoms in total. The van der Waals surface area contributed by atoms with E-state index in [2.05, 4.69) is 9.97 Å². The summed E-state index contributed by atoms with van der Waals surface area (Å²) in [5.74, 6) is 0.0984. The van der Waals surface area contributed by atoms with E-state index in [1.54, 1.807) is 22.4 Å². The van der Waals surface area contributed by atoms with Crippen LogP contribution in [0.15, 0.2) is 29.8 Å². The highest BCUT2D eigenvalue weighted by Crippen LogP contribution is 2.09. The molecule has 0 radical (unpaired) electrons. The average molecular weight is 275 g/mol. The first kappa shape index (κ1) is 13.7. The van der Waals surface area contributed by atoms with E-state index in [-0.39, 0.29) is 5.91 Å². The van der Waals surface area contributed by atoms with E-state index < -0.39 is 0 Å². The standard InChI is InChI=1S/C14H17N3OS/c1-11-16-13(10-19-11)9-14(18)17(2)8-6-12-5-3-4-7-15-12/h3-5,7,10H,6,8-9H2,1-2H3. The van der Waals surface area contributed by atoms with Crippen molar-refractivity contribution in [1.82, 2.24) is 14.9 Å². The van der Waals surface area contributed by atoms with Crippen molar-refractivity contribution in [3.8, 4) is 0 Å². The number of carbonyl (C=O) groups excluding carboxylic acids is 1. The Morgan fingerprint density at radius 2 is 2.21 bits per heavy atom. The third-order valence-corrected chi connectivity index (χ3v) is 3.68. The van der Waals surface area contributed by atoms with E-state index in [0.29, 0.717) is 13.0 Å². The van der Waals surface area contributed by atoms with Gasteiger partial charge in [-0.05, 0) is 19.1 Å². The number of carbonyl (C=O) groups is 1. The lowest BCUT2D eigenvalue weighted by atomic mass is 10.2. The van der Waals surface area contributed by atoms with Crippen LogP contribution < -0.4 is 0 Å². The van der Waals surface area contributed by atoms with Gasteiger partial charge in [0.15, 0.2) is 0 Å². The molecule has 0 N–H and O–H groups in total. The average Bonchev–Trinajstić information content (AvgIpc) is 2.82. The number of rotatable bonds is 5. The van der Waals surface area contributed by atoms with Crippen molar-refractivity contribution in [2.45, 2.75) is 19.8 Å². The molecular weight excluding hydrogens is 258 g/mol. The van der Waals surface area contributed by atoms with E-state index in [1.165, 1.54) is 0 Å². The molecule has 2 aromatic heterocycles. The molecule has 100 valence electrons. The maximum Gasteiger partial charge on any atom is 0.228 e. The molecule has 2 rings (SSSR count). The zero-order chi connectivity index (χ0) is 13.7. The van der Waals surface area contributed by atoms with Crippen LogP contribution in [0.4, 0.5) is 0 Å². The molecule has 0 bridgehead atoms. The number of nitrogens with zero attached hydrogens (tertiary/aromatic N) is 3. The van der Waals surface area contributed by atoms with Crippen LogP contribution in [0, 0.1) is 6.92 Å². The van der Waals surface area contributed by atoms with Gasteiger partial charge >= 0.3 is 0 Å². The fourth-order valence-corrected chi connectivity index (χ4v) is 2.34. The van der Waals surface area contributed by atoms with Gasteiger partial charge in [-0.15, -0.1) is 11.3 Å². The fraction of sp³-hybridized carbons (Fsp3) is 0.357. The second kappa shape index (κ2) is 6.43. The van der Waals surface area contributed by atoms with Gasteiger partial charge < -0.3 is 4.90 Å². The van der Waals surface area contributed by atoms with Crippen molar-refractivity contribution in [1.29, 1.82) is 0 Å². The molecular formula is C14H17N3OS. The van der Waals surface area contributed by atoms with Gasteiger partial charge in [-0.25, -0.2) is 4.98 Å². The fourth-order valence-electron chi connectivity index (χ4n) is 1.73. The molecule has 0 spiro atoms. The lowest BCUT2D eigenvalue weighted by Gasteiger charge is -2.16. The van der Waals surface area contributed by atoms with Gasteiger partial charge in [0.1, 0.15) is 0 Å². The van der Waals surface area contributed by atoms with Gasteiger partial charge in [0, 0.05) is 37.3 Å². The number of amides is 1. The summed E-state index contributed by atoms with van der Waals surface area (Å²) in [6.45, 7) is 2.63. The second-order valence-corrected chi connectivity index (χ2v) is 5.48. The summed E-state index contributed by atoms with van der Waals surface area (Å²) in [7, 11) is 1.82. The number of pyridine rings is 1. The second-order valence-electron chi connectivity index (χ2n) is 4.42. The maximum atomic E-state index is 12.0. The van der Waals surface area contributed by atoms with Crippen molar-refractivity contribution in [3.63, 3.8) is 0 Å². The Balaban J connectivity index is 1.82. The van der Waals surface area contributed by atoms with Crippen LogP contribution in [-0.2, 0) is 17.6 Å². The first-order chi connectivity index (χ1) is 9.15. The number of hydrogen-bond acceptors (Lipinski definition) is 4. The zero-order valence-corrected chi connectivity index (χ0v) is 12.0. The normalized spacial score (nSPS) is 10.4. The monoisotopic (exact) mass is 275 g/mol.